The lowest BCUT2D eigenvalue weighted by atomic mass is 10.2. The summed E-state index contributed by atoms with van der Waals surface area (Å²) in [4.78, 5) is 10.9. The zero-order valence-electron chi connectivity index (χ0n) is 10.5. The minimum atomic E-state index is -0.202. The van der Waals surface area contributed by atoms with Crippen LogP contribution >= 0.6 is 0 Å². The summed E-state index contributed by atoms with van der Waals surface area (Å²) in [7, 11) is 3.18. The zero-order chi connectivity index (χ0) is 13.0. The number of ether oxygens (including phenoxy) is 4. The van der Waals surface area contributed by atoms with Gasteiger partial charge in [0.1, 0.15) is 12.7 Å². The molecule has 1 saturated heterocycles. The van der Waals surface area contributed by atoms with E-state index in [1.165, 1.54) is 0 Å². The molecular weight excluding hydrogens is 236 g/mol. The van der Waals surface area contributed by atoms with Gasteiger partial charge in [0.2, 0.25) is 0 Å². The number of hydrogen-bond acceptors (Lipinski definition) is 5. The summed E-state index contributed by atoms with van der Waals surface area (Å²) in [6.07, 6.45) is 0.179. The van der Waals surface area contributed by atoms with E-state index in [4.69, 9.17) is 18.9 Å². The van der Waals surface area contributed by atoms with Gasteiger partial charge in [-0.15, -0.1) is 0 Å². The Labute approximate surface area is 106 Å². The molecule has 1 heterocycles. The molecule has 5 heteroatoms. The molecule has 1 aromatic carbocycles. The molecule has 1 fully saturated rings. The second-order valence-corrected chi connectivity index (χ2v) is 4.01. The average Bonchev–Trinajstić information content (AvgIpc) is 2.81. The monoisotopic (exact) mass is 252 g/mol. The first-order valence-corrected chi connectivity index (χ1v) is 5.71. The highest BCUT2D eigenvalue weighted by Crippen LogP contribution is 2.28. The molecule has 0 bridgehead atoms. The lowest BCUT2D eigenvalue weighted by Crippen LogP contribution is -2.12. The van der Waals surface area contributed by atoms with Crippen LogP contribution in [0.25, 0.3) is 0 Å². The van der Waals surface area contributed by atoms with Crippen LogP contribution in [0.3, 0.4) is 0 Å². The maximum Gasteiger partial charge on any atom is 0.308 e. The van der Waals surface area contributed by atoms with Gasteiger partial charge in [0.15, 0.2) is 11.5 Å². The molecule has 1 atom stereocenters. The standard InChI is InChI=1S/C13H16O5/c1-15-11-4-3-9(5-12(11)16-2)7-17-10-6-13(14)18-8-10/h3-5,10H,6-8H2,1-2H3/t10-/m0/s1. The average molecular weight is 252 g/mol. The van der Waals surface area contributed by atoms with Gasteiger partial charge in [0.05, 0.1) is 27.2 Å². The van der Waals surface area contributed by atoms with E-state index >= 15 is 0 Å². The van der Waals surface area contributed by atoms with Crippen molar-refractivity contribution in [3.05, 3.63) is 23.8 Å². The molecular formula is C13H16O5. The summed E-state index contributed by atoms with van der Waals surface area (Å²) >= 11 is 0. The molecule has 0 spiro atoms. The number of hydrogen-bond donors (Lipinski definition) is 0. The third-order valence-corrected chi connectivity index (χ3v) is 2.76. The van der Waals surface area contributed by atoms with Crippen molar-refractivity contribution < 1.29 is 23.7 Å². The number of rotatable bonds is 5. The topological polar surface area (TPSA) is 54.0 Å². The van der Waals surface area contributed by atoms with Gasteiger partial charge in [-0.05, 0) is 17.7 Å². The summed E-state index contributed by atoms with van der Waals surface area (Å²) in [5, 5.41) is 0. The zero-order valence-corrected chi connectivity index (χ0v) is 10.5. The Morgan fingerprint density at radius 2 is 2.06 bits per heavy atom. The predicted octanol–water partition coefficient (Wildman–Crippen LogP) is 1.54. The minimum absolute atomic E-state index is 0.148. The fourth-order valence-electron chi connectivity index (χ4n) is 1.78. The second kappa shape index (κ2) is 5.73. The Kier molecular flexibility index (Phi) is 4.04. The van der Waals surface area contributed by atoms with Gasteiger partial charge in [-0.2, -0.15) is 0 Å². The fraction of sp³-hybridized carbons (Fsp3) is 0.462. The third-order valence-electron chi connectivity index (χ3n) is 2.76. The largest absolute Gasteiger partial charge is 0.493 e. The van der Waals surface area contributed by atoms with Crippen molar-refractivity contribution >= 4 is 5.97 Å². The van der Waals surface area contributed by atoms with Crippen LogP contribution in [0.15, 0.2) is 18.2 Å². The first-order valence-electron chi connectivity index (χ1n) is 5.71. The van der Waals surface area contributed by atoms with E-state index in [1.54, 1.807) is 14.2 Å². The normalized spacial score (nSPS) is 18.6. The molecule has 0 radical (unpaired) electrons. The molecule has 18 heavy (non-hydrogen) atoms. The van der Waals surface area contributed by atoms with Crippen LogP contribution in [-0.4, -0.2) is 32.9 Å². The van der Waals surface area contributed by atoms with E-state index < -0.39 is 0 Å². The molecule has 0 unspecified atom stereocenters. The molecule has 1 aliphatic heterocycles. The maximum absolute atomic E-state index is 10.9. The minimum Gasteiger partial charge on any atom is -0.493 e. The molecule has 98 valence electrons. The van der Waals surface area contributed by atoms with Crippen molar-refractivity contribution in [2.45, 2.75) is 19.1 Å². The Hall–Kier alpha value is -1.75. The summed E-state index contributed by atoms with van der Waals surface area (Å²) in [5.74, 6) is 1.14. The van der Waals surface area contributed by atoms with Crippen LogP contribution in [0.4, 0.5) is 0 Å². The number of carbonyl (C=O) groups excluding carboxylic acids is 1. The highest BCUT2D eigenvalue weighted by Gasteiger charge is 2.24. The predicted molar refractivity (Wildman–Crippen MR) is 63.7 cm³/mol. The molecule has 1 aliphatic rings. The van der Waals surface area contributed by atoms with Gasteiger partial charge >= 0.3 is 5.97 Å². The summed E-state index contributed by atoms with van der Waals surface area (Å²) in [6.45, 7) is 0.758. The Balaban J connectivity index is 1.95. The molecule has 0 aromatic heterocycles. The van der Waals surface area contributed by atoms with Gasteiger partial charge in [-0.25, -0.2) is 0 Å². The van der Waals surface area contributed by atoms with E-state index in [0.717, 1.165) is 5.56 Å². The lowest BCUT2D eigenvalue weighted by Gasteiger charge is -2.11. The lowest BCUT2D eigenvalue weighted by molar-refractivity contribution is -0.137. The third kappa shape index (κ3) is 2.92. The molecule has 0 aliphatic carbocycles. The molecule has 0 saturated carbocycles. The van der Waals surface area contributed by atoms with Gasteiger partial charge in [-0.3, -0.25) is 4.79 Å². The fourth-order valence-corrected chi connectivity index (χ4v) is 1.78. The highest BCUT2D eigenvalue weighted by molar-refractivity contribution is 5.71. The SMILES string of the molecule is COc1ccc(CO[C@@H]2COC(=O)C2)cc1OC. The van der Waals surface area contributed by atoms with E-state index in [9.17, 15) is 4.79 Å². The second-order valence-electron chi connectivity index (χ2n) is 4.01. The quantitative estimate of drug-likeness (QED) is 0.744. The molecule has 2 rings (SSSR count). The summed E-state index contributed by atoms with van der Waals surface area (Å²) in [5.41, 5.74) is 0.965. The van der Waals surface area contributed by atoms with Crippen molar-refractivity contribution in [2.24, 2.45) is 0 Å². The summed E-state index contributed by atoms with van der Waals surface area (Å²) in [6, 6.07) is 5.59. The maximum atomic E-state index is 10.9. The van der Waals surface area contributed by atoms with Crippen molar-refractivity contribution in [3.8, 4) is 11.5 Å². The molecule has 0 amide bonds. The van der Waals surface area contributed by atoms with Crippen molar-refractivity contribution in [3.63, 3.8) is 0 Å². The number of cyclic esters (lactones) is 1. The van der Waals surface area contributed by atoms with E-state index in [2.05, 4.69) is 0 Å². The Bertz CT molecular complexity index is 429. The summed E-state index contributed by atoms with van der Waals surface area (Å²) < 4.78 is 20.8. The van der Waals surface area contributed by atoms with E-state index in [-0.39, 0.29) is 12.1 Å². The number of esters is 1. The van der Waals surface area contributed by atoms with E-state index in [1.807, 2.05) is 18.2 Å². The van der Waals surface area contributed by atoms with Gasteiger partial charge < -0.3 is 18.9 Å². The van der Waals surface area contributed by atoms with Crippen LogP contribution in [0, 0.1) is 0 Å². The van der Waals surface area contributed by atoms with Crippen LogP contribution < -0.4 is 9.47 Å². The van der Waals surface area contributed by atoms with Crippen LogP contribution in [0.2, 0.25) is 0 Å². The molecule has 1 aromatic rings. The van der Waals surface area contributed by atoms with Crippen LogP contribution in [-0.2, 0) is 20.9 Å². The van der Waals surface area contributed by atoms with Gasteiger partial charge in [0, 0.05) is 0 Å². The van der Waals surface area contributed by atoms with Crippen molar-refractivity contribution in [2.75, 3.05) is 20.8 Å². The Morgan fingerprint density at radius 3 is 2.67 bits per heavy atom. The smallest absolute Gasteiger partial charge is 0.308 e. The number of methoxy groups -OCH3 is 2. The number of carbonyl (C=O) groups is 1. The van der Waals surface area contributed by atoms with Crippen molar-refractivity contribution in [1.29, 1.82) is 0 Å². The number of benzene rings is 1. The molecule has 5 nitrogen and oxygen atoms in total. The van der Waals surface area contributed by atoms with Gasteiger partial charge in [0.25, 0.3) is 0 Å². The highest BCUT2D eigenvalue weighted by atomic mass is 16.6. The Morgan fingerprint density at radius 1 is 1.28 bits per heavy atom. The molecule has 0 N–H and O–H groups in total. The van der Waals surface area contributed by atoms with Crippen molar-refractivity contribution in [1.82, 2.24) is 0 Å². The first kappa shape index (κ1) is 12.7. The van der Waals surface area contributed by atoms with Crippen LogP contribution in [0.5, 0.6) is 11.5 Å². The van der Waals surface area contributed by atoms with Gasteiger partial charge in [-0.1, -0.05) is 6.07 Å². The van der Waals surface area contributed by atoms with Crippen LogP contribution in [0.1, 0.15) is 12.0 Å². The van der Waals surface area contributed by atoms with E-state index in [0.29, 0.717) is 31.1 Å². The first-order chi connectivity index (χ1) is 8.72.